The minimum Gasteiger partial charge on any atom is -0.294 e. The molecule has 82 valence electrons. The molecule has 3 heteroatoms. The molecule has 0 atom stereocenters. The first-order valence-corrected chi connectivity index (χ1v) is 6.04. The van der Waals surface area contributed by atoms with Crippen molar-refractivity contribution in [2.75, 3.05) is 0 Å². The van der Waals surface area contributed by atoms with Crippen LogP contribution in [0.15, 0.2) is 29.6 Å². The number of aryl methyl sites for hydroxylation is 2. The second-order valence-electron chi connectivity index (χ2n) is 3.80. The van der Waals surface area contributed by atoms with Crippen molar-refractivity contribution >= 4 is 17.1 Å². The molecular weight excluding hydrogens is 218 g/mol. The van der Waals surface area contributed by atoms with Gasteiger partial charge in [-0.25, -0.2) is 4.98 Å². The molecule has 0 unspecified atom stereocenters. The van der Waals surface area contributed by atoms with Gasteiger partial charge in [-0.2, -0.15) is 0 Å². The highest BCUT2D eigenvalue weighted by atomic mass is 32.1. The van der Waals surface area contributed by atoms with Crippen LogP contribution in [0.2, 0.25) is 0 Å². The number of Topliss-reactive ketones (excluding diaryl/α,β-unsaturated/α-hetero) is 1. The molecule has 1 aromatic heterocycles. The number of carbonyl (C=O) groups excluding carboxylic acids is 1. The first-order chi connectivity index (χ1) is 7.66. The highest BCUT2D eigenvalue weighted by Crippen LogP contribution is 2.14. The average molecular weight is 231 g/mol. The van der Waals surface area contributed by atoms with Crippen LogP contribution in [0.4, 0.5) is 0 Å². The lowest BCUT2D eigenvalue weighted by Gasteiger charge is -2.02. The highest BCUT2D eigenvalue weighted by molar-refractivity contribution is 7.09. The standard InChI is InChI=1S/C13H13NOS/c1-9-5-3-4-6-11(9)12(15)7-13-14-10(2)8-16-13/h3-6,8H,7H2,1-2H3. The van der Waals surface area contributed by atoms with E-state index in [0.29, 0.717) is 6.42 Å². The molecule has 0 aliphatic carbocycles. The van der Waals surface area contributed by atoms with E-state index in [-0.39, 0.29) is 5.78 Å². The molecule has 1 aromatic carbocycles. The van der Waals surface area contributed by atoms with Crippen LogP contribution in [0.5, 0.6) is 0 Å². The lowest BCUT2D eigenvalue weighted by Crippen LogP contribution is -2.05. The van der Waals surface area contributed by atoms with E-state index in [9.17, 15) is 4.79 Å². The van der Waals surface area contributed by atoms with E-state index in [4.69, 9.17) is 0 Å². The van der Waals surface area contributed by atoms with Crippen LogP contribution < -0.4 is 0 Å². The minimum absolute atomic E-state index is 0.146. The Labute approximate surface area is 99.0 Å². The van der Waals surface area contributed by atoms with Gasteiger partial charge in [0.05, 0.1) is 6.42 Å². The van der Waals surface area contributed by atoms with Gasteiger partial charge in [-0.1, -0.05) is 24.3 Å². The minimum atomic E-state index is 0.146. The van der Waals surface area contributed by atoms with E-state index >= 15 is 0 Å². The topological polar surface area (TPSA) is 30.0 Å². The maximum absolute atomic E-state index is 12.0. The first kappa shape index (κ1) is 11.0. The van der Waals surface area contributed by atoms with Crippen LogP contribution >= 0.6 is 11.3 Å². The Balaban J connectivity index is 2.18. The third kappa shape index (κ3) is 2.36. The highest BCUT2D eigenvalue weighted by Gasteiger charge is 2.11. The summed E-state index contributed by atoms with van der Waals surface area (Å²) in [6.45, 7) is 3.90. The van der Waals surface area contributed by atoms with Crippen molar-refractivity contribution in [3.8, 4) is 0 Å². The second-order valence-corrected chi connectivity index (χ2v) is 4.74. The Morgan fingerprint density at radius 1 is 1.31 bits per heavy atom. The van der Waals surface area contributed by atoms with Gasteiger partial charge in [-0.15, -0.1) is 11.3 Å². The summed E-state index contributed by atoms with van der Waals surface area (Å²) in [5.74, 6) is 0.146. The van der Waals surface area contributed by atoms with Crippen LogP contribution in [0.3, 0.4) is 0 Å². The van der Waals surface area contributed by atoms with Gasteiger partial charge in [0, 0.05) is 16.6 Å². The number of hydrogen-bond donors (Lipinski definition) is 0. The Morgan fingerprint density at radius 3 is 2.69 bits per heavy atom. The van der Waals surface area contributed by atoms with Crippen molar-refractivity contribution < 1.29 is 4.79 Å². The lowest BCUT2D eigenvalue weighted by atomic mass is 10.0. The first-order valence-electron chi connectivity index (χ1n) is 5.16. The molecule has 2 aromatic rings. The monoisotopic (exact) mass is 231 g/mol. The van der Waals surface area contributed by atoms with Crippen molar-refractivity contribution in [1.82, 2.24) is 4.98 Å². The zero-order valence-corrected chi connectivity index (χ0v) is 10.2. The van der Waals surface area contributed by atoms with E-state index in [0.717, 1.165) is 21.8 Å². The number of ketones is 1. The quantitative estimate of drug-likeness (QED) is 0.759. The number of aromatic nitrogens is 1. The molecule has 0 spiro atoms. The number of carbonyl (C=O) groups is 1. The third-order valence-corrected chi connectivity index (χ3v) is 3.39. The summed E-state index contributed by atoms with van der Waals surface area (Å²) >= 11 is 1.55. The molecule has 2 rings (SSSR count). The van der Waals surface area contributed by atoms with E-state index in [1.54, 1.807) is 11.3 Å². The molecule has 16 heavy (non-hydrogen) atoms. The normalized spacial score (nSPS) is 10.4. The predicted octanol–water partition coefficient (Wildman–Crippen LogP) is 3.19. The molecule has 1 heterocycles. The number of nitrogens with zero attached hydrogens (tertiary/aromatic N) is 1. The lowest BCUT2D eigenvalue weighted by molar-refractivity contribution is 0.0992. The maximum Gasteiger partial charge on any atom is 0.169 e. The van der Waals surface area contributed by atoms with Gasteiger partial charge in [0.15, 0.2) is 5.78 Å². The zero-order valence-electron chi connectivity index (χ0n) is 9.36. The van der Waals surface area contributed by atoms with Gasteiger partial charge in [-0.3, -0.25) is 4.79 Å². The molecule has 0 aliphatic heterocycles. The smallest absolute Gasteiger partial charge is 0.169 e. The molecule has 2 nitrogen and oxygen atoms in total. The molecule has 0 amide bonds. The fraction of sp³-hybridized carbons (Fsp3) is 0.231. The van der Waals surface area contributed by atoms with Crippen molar-refractivity contribution in [3.05, 3.63) is 51.5 Å². The largest absolute Gasteiger partial charge is 0.294 e. The predicted molar refractivity (Wildman–Crippen MR) is 66.1 cm³/mol. The van der Waals surface area contributed by atoms with Crippen molar-refractivity contribution in [1.29, 1.82) is 0 Å². The van der Waals surface area contributed by atoms with Crippen molar-refractivity contribution in [2.45, 2.75) is 20.3 Å². The summed E-state index contributed by atoms with van der Waals surface area (Å²) in [5.41, 5.74) is 2.81. The van der Waals surface area contributed by atoms with E-state index < -0.39 is 0 Å². The van der Waals surface area contributed by atoms with Gasteiger partial charge < -0.3 is 0 Å². The Hall–Kier alpha value is -1.48. The Kier molecular flexibility index (Phi) is 3.15. The zero-order chi connectivity index (χ0) is 11.5. The van der Waals surface area contributed by atoms with Crippen molar-refractivity contribution in [3.63, 3.8) is 0 Å². The summed E-state index contributed by atoms with van der Waals surface area (Å²) in [7, 11) is 0. The van der Waals surface area contributed by atoms with Gasteiger partial charge >= 0.3 is 0 Å². The van der Waals surface area contributed by atoms with Gasteiger partial charge in [0.25, 0.3) is 0 Å². The summed E-state index contributed by atoms with van der Waals surface area (Å²) in [5, 5.41) is 2.87. The maximum atomic E-state index is 12.0. The molecule has 0 N–H and O–H groups in total. The van der Waals surface area contributed by atoms with Gasteiger partial charge in [-0.05, 0) is 19.4 Å². The Bertz CT molecular complexity index is 516. The molecule has 0 saturated carbocycles. The van der Waals surface area contributed by atoms with E-state index in [2.05, 4.69) is 4.98 Å². The SMILES string of the molecule is Cc1csc(CC(=O)c2ccccc2C)n1. The molecule has 0 radical (unpaired) electrons. The number of hydrogen-bond acceptors (Lipinski definition) is 3. The van der Waals surface area contributed by atoms with Crippen LogP contribution in [0, 0.1) is 13.8 Å². The Morgan fingerprint density at radius 2 is 2.06 bits per heavy atom. The second kappa shape index (κ2) is 4.58. The average Bonchev–Trinajstić information content (AvgIpc) is 2.64. The molecular formula is C13H13NOS. The van der Waals surface area contributed by atoms with E-state index in [1.807, 2.05) is 43.5 Å². The van der Waals surface area contributed by atoms with E-state index in [1.165, 1.54) is 0 Å². The fourth-order valence-corrected chi connectivity index (χ4v) is 2.37. The van der Waals surface area contributed by atoms with Crippen LogP contribution in [-0.2, 0) is 6.42 Å². The molecule has 0 saturated heterocycles. The van der Waals surface area contributed by atoms with Gasteiger partial charge in [0.2, 0.25) is 0 Å². The van der Waals surface area contributed by atoms with Crippen molar-refractivity contribution in [2.24, 2.45) is 0 Å². The van der Waals surface area contributed by atoms with Gasteiger partial charge in [0.1, 0.15) is 5.01 Å². The molecule has 0 fully saturated rings. The summed E-state index contributed by atoms with van der Waals surface area (Å²) in [4.78, 5) is 16.3. The number of rotatable bonds is 3. The number of benzene rings is 1. The number of thiazole rings is 1. The van der Waals surface area contributed by atoms with Crippen LogP contribution in [-0.4, -0.2) is 10.8 Å². The molecule has 0 aliphatic rings. The summed E-state index contributed by atoms with van der Waals surface area (Å²) in [6, 6.07) is 7.67. The van der Waals surface area contributed by atoms with Crippen LogP contribution in [0.1, 0.15) is 26.6 Å². The summed E-state index contributed by atoms with van der Waals surface area (Å²) < 4.78 is 0. The molecule has 0 bridgehead atoms. The third-order valence-electron chi connectivity index (χ3n) is 2.42. The fourth-order valence-electron chi connectivity index (χ4n) is 1.60. The summed E-state index contributed by atoms with van der Waals surface area (Å²) in [6.07, 6.45) is 0.406. The van der Waals surface area contributed by atoms with Crippen LogP contribution in [0.25, 0.3) is 0 Å².